The van der Waals surface area contributed by atoms with Gasteiger partial charge in [0.1, 0.15) is 0 Å². The number of hydrogen-bond donors (Lipinski definition) is 1. The number of rotatable bonds is 2. The minimum absolute atomic E-state index is 0.438. The van der Waals surface area contributed by atoms with Crippen LogP contribution in [0.4, 0.5) is 8.22 Å². The summed E-state index contributed by atoms with van der Waals surface area (Å²) in [4.78, 5) is 0. The van der Waals surface area contributed by atoms with Crippen molar-refractivity contribution in [3.05, 3.63) is 0 Å². The second kappa shape index (κ2) is 4.64. The Balaban J connectivity index is 5.58. The van der Waals surface area contributed by atoms with E-state index in [1.165, 1.54) is 20.8 Å². The first-order valence-corrected chi connectivity index (χ1v) is 9.97. The first kappa shape index (κ1) is 18.2. The topological polar surface area (TPSA) is 35.2 Å². The molecule has 0 atom stereocenters. The zero-order valence-electron chi connectivity index (χ0n) is 13.2. The number of halogens is 2. The molecule has 0 saturated heterocycles. The Morgan fingerprint density at radius 3 is 1.17 bits per heavy atom. The van der Waals surface area contributed by atoms with Gasteiger partial charge in [-0.25, -0.2) is 8.22 Å². The Morgan fingerprint density at radius 1 is 0.722 bits per heavy atom. The largest absolute Gasteiger partial charge is 0.573 e. The van der Waals surface area contributed by atoms with Gasteiger partial charge in [0.05, 0.1) is 0 Å². The molecule has 2 N–H and O–H groups in total. The molecule has 0 aromatic heterocycles. The highest BCUT2D eigenvalue weighted by atomic mass is 28.5. The van der Waals surface area contributed by atoms with Gasteiger partial charge >= 0.3 is 8.99 Å². The van der Waals surface area contributed by atoms with Crippen LogP contribution in [0.1, 0.15) is 62.3 Å². The van der Waals surface area contributed by atoms with Crippen molar-refractivity contribution < 1.29 is 12.3 Å². The summed E-state index contributed by atoms with van der Waals surface area (Å²) in [5, 5.41) is 4.41. The zero-order chi connectivity index (χ0) is 15.2. The first-order valence-electron chi connectivity index (χ1n) is 6.32. The summed E-state index contributed by atoms with van der Waals surface area (Å²) >= 11 is 0. The van der Waals surface area contributed by atoms with Crippen LogP contribution in [0, 0.1) is 0 Å². The van der Waals surface area contributed by atoms with Gasteiger partial charge in [-0.05, 0) is 10.1 Å². The van der Waals surface area contributed by atoms with Crippen LogP contribution in [-0.2, 0) is 4.12 Å². The molecule has 0 bridgehead atoms. The van der Waals surface area contributed by atoms with E-state index in [2.05, 4.69) is 0 Å². The molecule has 0 saturated carbocycles. The van der Waals surface area contributed by atoms with E-state index in [9.17, 15) is 8.22 Å². The van der Waals surface area contributed by atoms with Crippen molar-refractivity contribution in [3.63, 3.8) is 0 Å². The lowest BCUT2D eigenvalue weighted by atomic mass is 10.2. The second-order valence-corrected chi connectivity index (χ2v) is 15.9. The maximum atomic E-state index is 14.4. The quantitative estimate of drug-likeness (QED) is 0.593. The standard InChI is InChI=1S/C12H29F2NOSi2/c1-10(2,3)17(15,11(4,5)6)16-18(13,14)12(7,8)9/h15H2,1-9H3. The van der Waals surface area contributed by atoms with Crippen LogP contribution in [-0.4, -0.2) is 17.5 Å². The smallest absolute Gasteiger partial charge is 0.395 e. The van der Waals surface area contributed by atoms with Crippen LogP contribution >= 0.6 is 0 Å². The highest BCUT2D eigenvalue weighted by molar-refractivity contribution is 6.84. The molecule has 18 heavy (non-hydrogen) atoms. The average Bonchev–Trinajstić information content (AvgIpc) is 1.95. The molecule has 0 heterocycles. The molecule has 0 aromatic carbocycles. The lowest BCUT2D eigenvalue weighted by Crippen LogP contribution is -2.67. The lowest BCUT2D eigenvalue weighted by Gasteiger charge is -2.49. The first-order chi connectivity index (χ1) is 7.46. The third kappa shape index (κ3) is 3.40. The second-order valence-electron chi connectivity index (χ2n) is 8.10. The molecule has 0 rings (SSSR count). The summed E-state index contributed by atoms with van der Waals surface area (Å²) in [5.74, 6) is 0. The van der Waals surface area contributed by atoms with E-state index in [4.69, 9.17) is 9.51 Å². The van der Waals surface area contributed by atoms with E-state index >= 15 is 0 Å². The van der Waals surface area contributed by atoms with E-state index in [-0.39, 0.29) is 0 Å². The predicted octanol–water partition coefficient (Wildman–Crippen LogP) is 4.68. The third-order valence-corrected chi connectivity index (χ3v) is 11.9. The molecular weight excluding hydrogens is 268 g/mol. The van der Waals surface area contributed by atoms with Gasteiger partial charge in [0.25, 0.3) is 8.48 Å². The summed E-state index contributed by atoms with van der Waals surface area (Å²) in [5.41, 5.74) is 0. The molecule has 0 aromatic rings. The summed E-state index contributed by atoms with van der Waals surface area (Å²) in [7, 11) is -7.91. The van der Waals surface area contributed by atoms with Gasteiger partial charge in [-0.3, -0.25) is 0 Å². The summed E-state index contributed by atoms with van der Waals surface area (Å²) in [6.07, 6.45) is 0. The van der Waals surface area contributed by atoms with E-state index < -0.39 is 32.6 Å². The van der Waals surface area contributed by atoms with E-state index in [1.807, 2.05) is 41.5 Å². The van der Waals surface area contributed by atoms with E-state index in [1.54, 1.807) is 0 Å². The Bertz CT molecular complexity index is 287. The summed E-state index contributed by atoms with van der Waals surface area (Å²) in [6.45, 7) is 16.0. The Hall–Kier alpha value is 0.214. The highest BCUT2D eigenvalue weighted by Gasteiger charge is 2.63. The molecule has 110 valence electrons. The van der Waals surface area contributed by atoms with Gasteiger partial charge in [-0.1, -0.05) is 62.3 Å². The molecule has 6 heteroatoms. The normalized spacial score (nSPS) is 16.0. The fourth-order valence-corrected chi connectivity index (χ4v) is 9.33. The molecule has 0 aliphatic carbocycles. The van der Waals surface area contributed by atoms with Gasteiger partial charge in [-0.2, -0.15) is 0 Å². The Morgan fingerprint density at radius 2 is 1.00 bits per heavy atom. The number of hydrogen-bond acceptors (Lipinski definition) is 2. The predicted molar refractivity (Wildman–Crippen MR) is 78.1 cm³/mol. The molecule has 0 spiro atoms. The maximum Gasteiger partial charge on any atom is 0.573 e. The van der Waals surface area contributed by atoms with Crippen molar-refractivity contribution >= 4 is 17.5 Å². The van der Waals surface area contributed by atoms with Crippen LogP contribution < -0.4 is 5.40 Å². The van der Waals surface area contributed by atoms with Crippen molar-refractivity contribution in [1.29, 1.82) is 0 Å². The molecule has 0 amide bonds. The van der Waals surface area contributed by atoms with Crippen molar-refractivity contribution in [3.8, 4) is 0 Å². The van der Waals surface area contributed by atoms with E-state index in [0.717, 1.165) is 0 Å². The Kier molecular flexibility index (Phi) is 4.70. The molecule has 0 fully saturated rings. The van der Waals surface area contributed by atoms with Gasteiger partial charge in [0.2, 0.25) is 0 Å². The summed E-state index contributed by atoms with van der Waals surface area (Å²) < 4.78 is 34.2. The van der Waals surface area contributed by atoms with Crippen LogP contribution in [0.3, 0.4) is 0 Å². The van der Waals surface area contributed by atoms with Crippen molar-refractivity contribution in [2.45, 2.75) is 77.4 Å². The molecule has 0 aliphatic heterocycles. The third-order valence-electron chi connectivity index (χ3n) is 3.39. The maximum absolute atomic E-state index is 14.4. The molecular formula is C12H29F2NOSi2. The average molecular weight is 298 g/mol. The molecule has 2 nitrogen and oxygen atoms in total. The van der Waals surface area contributed by atoms with Crippen LogP contribution in [0.25, 0.3) is 0 Å². The lowest BCUT2D eigenvalue weighted by molar-refractivity contribution is 0.285. The highest BCUT2D eigenvalue weighted by Crippen LogP contribution is 2.52. The monoisotopic (exact) mass is 297 g/mol. The minimum atomic E-state index is -4.82. The van der Waals surface area contributed by atoms with Crippen molar-refractivity contribution in [2.75, 3.05) is 0 Å². The molecule has 0 radical (unpaired) electrons. The van der Waals surface area contributed by atoms with Gasteiger partial charge in [0, 0.05) is 5.04 Å². The van der Waals surface area contributed by atoms with Crippen LogP contribution in [0.15, 0.2) is 0 Å². The van der Waals surface area contributed by atoms with Crippen LogP contribution in [0.5, 0.6) is 0 Å². The van der Waals surface area contributed by atoms with Gasteiger partial charge in [0.15, 0.2) is 0 Å². The summed E-state index contributed by atoms with van der Waals surface area (Å²) in [6, 6.07) is 0. The fourth-order valence-electron chi connectivity index (χ4n) is 1.79. The molecule has 0 unspecified atom stereocenters. The van der Waals surface area contributed by atoms with Crippen molar-refractivity contribution in [1.82, 2.24) is 0 Å². The van der Waals surface area contributed by atoms with Gasteiger partial charge in [-0.15, -0.1) is 0 Å². The van der Waals surface area contributed by atoms with Crippen molar-refractivity contribution in [2.24, 2.45) is 5.40 Å². The minimum Gasteiger partial charge on any atom is -0.395 e. The molecule has 0 aliphatic rings. The Labute approximate surface area is 113 Å². The fraction of sp³-hybridized carbons (Fsp3) is 1.00. The SMILES string of the molecule is CC(C)(C)[Si](F)(F)O[Si](N)(C(C)(C)C)C(C)(C)C. The van der Waals surface area contributed by atoms with Gasteiger partial charge < -0.3 is 9.51 Å². The number of nitrogens with two attached hydrogens (primary N) is 1. The van der Waals surface area contributed by atoms with Crippen LogP contribution in [0.2, 0.25) is 15.1 Å². The van der Waals surface area contributed by atoms with E-state index in [0.29, 0.717) is 0 Å². The zero-order valence-corrected chi connectivity index (χ0v) is 15.2.